The molecule has 28 valence electrons. The quantitative estimate of drug-likeness (QED) is 0.319. The molecule has 0 spiro atoms. The van der Waals surface area contributed by atoms with Crippen LogP contribution in [-0.4, -0.2) is 43.9 Å². The monoisotopic (exact) mass is 112 g/mol. The van der Waals surface area contributed by atoms with Crippen LogP contribution in [0.25, 0.3) is 0 Å². The minimum atomic E-state index is -2.33. The van der Waals surface area contributed by atoms with Crippen LogP contribution < -0.4 is 10.2 Å². The Balaban J connectivity index is -0.0000000450. The van der Waals surface area contributed by atoms with E-state index in [2.05, 4.69) is 0 Å². The van der Waals surface area contributed by atoms with Gasteiger partial charge in [0, 0.05) is 7.43 Å². The first kappa shape index (κ1) is 16.0. The molecule has 0 aromatic heterocycles. The number of hydrogen-bond acceptors (Lipinski definition) is 3. The van der Waals surface area contributed by atoms with Crippen LogP contribution >= 0.6 is 0 Å². The van der Waals surface area contributed by atoms with Crippen LogP contribution in [0.3, 0.4) is 0 Å². The second-order valence-electron chi connectivity index (χ2n) is 0.250. The van der Waals surface area contributed by atoms with Gasteiger partial charge in [-0.1, -0.05) is 0 Å². The van der Waals surface area contributed by atoms with Crippen molar-refractivity contribution in [3.63, 3.8) is 0 Å². The summed E-state index contributed by atoms with van der Waals surface area (Å²) >= 11 is 0. The summed E-state index contributed by atoms with van der Waals surface area (Å²) in [5, 5.41) is 16.7. The third-order valence-corrected chi connectivity index (χ3v) is 0. The summed E-state index contributed by atoms with van der Waals surface area (Å²) in [4.78, 5) is 8.33. The van der Waals surface area contributed by atoms with Crippen molar-refractivity contribution in [2.24, 2.45) is 0 Å². The molecule has 0 unspecified atom stereocenters. The molecule has 4 radical (unpaired) electrons. The smallest absolute Gasteiger partial charge is 0.652 e. The summed E-state index contributed by atoms with van der Waals surface area (Å²) in [5.74, 6) is 0. The molecule has 0 N–H and O–H groups in total. The average Bonchev–Trinajstić information content (AvgIpc) is 0.811. The Kier molecular flexibility index (Phi) is 24.3. The van der Waals surface area contributed by atoms with E-state index in [9.17, 15) is 0 Å². The first-order chi connectivity index (χ1) is 1.73. The first-order valence-corrected chi connectivity index (χ1v) is 0.612. The molecule has 0 amide bonds. The van der Waals surface area contributed by atoms with Crippen molar-refractivity contribution in [1.82, 2.24) is 0 Å². The summed E-state index contributed by atoms with van der Waals surface area (Å²) in [6.07, 6.45) is -2.33. The molecule has 0 fully saturated rings. The molecular weight excluding hydrogens is 112 g/mol. The zero-order chi connectivity index (χ0) is 3.58. The van der Waals surface area contributed by atoms with Gasteiger partial charge in [-0.2, -0.15) is 0 Å². The molecule has 0 heterocycles. The van der Waals surface area contributed by atoms with E-state index in [1.54, 1.807) is 0 Å². The molecule has 0 aliphatic carbocycles. The minimum Gasteiger partial charge on any atom is -0.652 e. The van der Waals surface area contributed by atoms with Crippen molar-refractivity contribution in [1.29, 1.82) is 0 Å². The maximum atomic E-state index is 8.33. The molecule has 3 nitrogen and oxygen atoms in total. The van der Waals surface area contributed by atoms with Crippen molar-refractivity contribution in [2.75, 3.05) is 0 Å². The summed E-state index contributed by atoms with van der Waals surface area (Å²) in [7, 11) is 0. The molecule has 4 heteroatoms. The summed E-state index contributed by atoms with van der Waals surface area (Å²) in [6.45, 7) is 0. The molecule has 0 atom stereocenters. The standard InChI is InChI=1S/CH2O3.C.Ca/c2-1(3)4;;/h(H2,2,3,4);;/q;;+2/p-2. The molecule has 0 saturated heterocycles. The molecule has 0 rings (SSSR count). The fourth-order valence-corrected chi connectivity index (χ4v) is 0. The summed E-state index contributed by atoms with van der Waals surface area (Å²) in [6, 6.07) is 0. The largest absolute Gasteiger partial charge is 2.00 e. The van der Waals surface area contributed by atoms with Gasteiger partial charge in [-0.3, -0.25) is 0 Å². The van der Waals surface area contributed by atoms with Crippen molar-refractivity contribution in [2.45, 2.75) is 0 Å². The Bertz CT molecular complexity index is 31.8. The number of carboxylic acid groups (broad SMARTS) is 2. The Morgan fingerprint density at radius 1 is 1.33 bits per heavy atom. The van der Waals surface area contributed by atoms with Crippen LogP contribution in [0.4, 0.5) is 4.79 Å². The van der Waals surface area contributed by atoms with Crippen LogP contribution in [0.2, 0.25) is 0 Å². The summed E-state index contributed by atoms with van der Waals surface area (Å²) < 4.78 is 0. The van der Waals surface area contributed by atoms with E-state index in [-0.39, 0.29) is 45.2 Å². The maximum Gasteiger partial charge on any atom is 2.00 e. The van der Waals surface area contributed by atoms with Gasteiger partial charge in [-0.05, 0) is 6.16 Å². The van der Waals surface area contributed by atoms with Crippen LogP contribution in [0.5, 0.6) is 0 Å². The third kappa shape index (κ3) is 201. The van der Waals surface area contributed by atoms with Crippen molar-refractivity contribution >= 4 is 43.9 Å². The normalized spacial score (nSPS) is 4.00. The van der Waals surface area contributed by atoms with Gasteiger partial charge in [-0.15, -0.1) is 0 Å². The Hall–Kier alpha value is 0.530. The fourth-order valence-electron chi connectivity index (χ4n) is 0. The molecule has 0 bridgehead atoms. The van der Waals surface area contributed by atoms with Gasteiger partial charge < -0.3 is 15.0 Å². The predicted molar refractivity (Wildman–Crippen MR) is 14.4 cm³/mol. The SMILES string of the molecule is O=C([O-])[O-].[C].[Ca+2]. The van der Waals surface area contributed by atoms with Gasteiger partial charge in [0.25, 0.3) is 0 Å². The topological polar surface area (TPSA) is 63.2 Å². The van der Waals surface area contributed by atoms with Crippen LogP contribution in [-0.2, 0) is 0 Å². The number of hydrogen-bond donors (Lipinski definition) is 0. The van der Waals surface area contributed by atoms with Crippen LogP contribution in [0.15, 0.2) is 0 Å². The Morgan fingerprint density at radius 3 is 1.33 bits per heavy atom. The zero-order valence-electron chi connectivity index (χ0n) is 2.93. The van der Waals surface area contributed by atoms with E-state index in [1.165, 1.54) is 0 Å². The average molecular weight is 112 g/mol. The molecule has 0 aromatic carbocycles. The molecule has 6 heavy (non-hydrogen) atoms. The maximum absolute atomic E-state index is 8.33. The number of rotatable bonds is 0. The second-order valence-corrected chi connectivity index (χ2v) is 0.250. The van der Waals surface area contributed by atoms with Crippen LogP contribution in [0, 0.1) is 7.43 Å². The van der Waals surface area contributed by atoms with E-state index >= 15 is 0 Å². The van der Waals surface area contributed by atoms with E-state index in [1.807, 2.05) is 0 Å². The summed E-state index contributed by atoms with van der Waals surface area (Å²) in [5.41, 5.74) is 0. The zero-order valence-corrected chi connectivity index (χ0v) is 5.14. The first-order valence-electron chi connectivity index (χ1n) is 0.612. The van der Waals surface area contributed by atoms with Crippen molar-refractivity contribution in [3.05, 3.63) is 7.43 Å². The molecule has 0 aliphatic heterocycles. The van der Waals surface area contributed by atoms with Crippen molar-refractivity contribution in [3.8, 4) is 0 Å². The molecular formula is C2CaO3. The van der Waals surface area contributed by atoms with Gasteiger partial charge in [0.1, 0.15) is 0 Å². The Labute approximate surface area is 66.0 Å². The Morgan fingerprint density at radius 2 is 1.33 bits per heavy atom. The van der Waals surface area contributed by atoms with Gasteiger partial charge >= 0.3 is 37.7 Å². The molecule has 0 saturated carbocycles. The van der Waals surface area contributed by atoms with E-state index in [0.29, 0.717) is 0 Å². The van der Waals surface area contributed by atoms with E-state index in [4.69, 9.17) is 15.0 Å². The third-order valence-electron chi connectivity index (χ3n) is 0. The second kappa shape index (κ2) is 9.11. The van der Waals surface area contributed by atoms with E-state index in [0.717, 1.165) is 0 Å². The fraction of sp³-hybridized carbons (Fsp3) is 0. The van der Waals surface area contributed by atoms with Gasteiger partial charge in [-0.25, -0.2) is 0 Å². The van der Waals surface area contributed by atoms with Gasteiger partial charge in [0.2, 0.25) is 0 Å². The van der Waals surface area contributed by atoms with Gasteiger partial charge in [0.05, 0.1) is 0 Å². The number of carbonyl (C=O) groups is 1. The number of carbonyl (C=O) groups excluding carboxylic acids is 1. The van der Waals surface area contributed by atoms with Crippen LogP contribution in [0.1, 0.15) is 0 Å². The molecule has 0 aromatic rings. The van der Waals surface area contributed by atoms with Gasteiger partial charge in [0.15, 0.2) is 0 Å². The van der Waals surface area contributed by atoms with Crippen molar-refractivity contribution < 1.29 is 15.0 Å². The molecule has 0 aliphatic rings. The minimum absolute atomic E-state index is 0. The van der Waals surface area contributed by atoms with E-state index < -0.39 is 6.16 Å². The predicted octanol–water partition coefficient (Wildman–Crippen LogP) is -2.75.